The van der Waals surface area contributed by atoms with Crippen molar-refractivity contribution in [2.45, 2.75) is 42.4 Å². The van der Waals surface area contributed by atoms with Gasteiger partial charge < -0.3 is 23.7 Å². The van der Waals surface area contributed by atoms with Gasteiger partial charge in [0.1, 0.15) is 32.0 Å². The third-order valence-electron chi connectivity index (χ3n) is 3.53. The van der Waals surface area contributed by atoms with Gasteiger partial charge in [-0.1, -0.05) is 0 Å². The van der Waals surface area contributed by atoms with Crippen LogP contribution in [0, 0.1) is 0 Å². The van der Waals surface area contributed by atoms with Gasteiger partial charge in [0.25, 0.3) is 0 Å². The zero-order valence-electron chi connectivity index (χ0n) is 14.8. The van der Waals surface area contributed by atoms with E-state index in [1.54, 1.807) is 0 Å². The Morgan fingerprint density at radius 3 is 1.43 bits per heavy atom. The maximum absolute atomic E-state index is 13.4. The summed E-state index contributed by atoms with van der Waals surface area (Å²) in [5.41, 5.74) is 0. The van der Waals surface area contributed by atoms with E-state index in [1.807, 2.05) is 0 Å². The molecule has 16 heteroatoms. The van der Waals surface area contributed by atoms with Gasteiger partial charge in [-0.05, 0) is 0 Å². The average Bonchev–Trinajstić information content (AvgIpc) is 3.46. The first-order chi connectivity index (χ1) is 13.6. The van der Waals surface area contributed by atoms with Crippen LogP contribution in [0.1, 0.15) is 0 Å². The van der Waals surface area contributed by atoms with Crippen molar-refractivity contribution in [2.75, 3.05) is 46.2 Å². The maximum atomic E-state index is 13.4. The minimum absolute atomic E-state index is 0.131. The Morgan fingerprint density at radius 1 is 0.633 bits per heavy atom. The number of hydrogen-bond acceptors (Lipinski definition) is 6. The van der Waals surface area contributed by atoms with Crippen LogP contribution < -0.4 is 0 Å². The molecule has 2 saturated heterocycles. The molecule has 30 heavy (non-hydrogen) atoms. The highest BCUT2D eigenvalue weighted by molar-refractivity contribution is 4.81. The van der Waals surface area contributed by atoms with Crippen molar-refractivity contribution in [1.82, 2.24) is 0 Å². The van der Waals surface area contributed by atoms with Crippen molar-refractivity contribution < 1.29 is 72.3 Å². The van der Waals surface area contributed by atoms with Crippen LogP contribution in [0.5, 0.6) is 0 Å². The van der Waals surface area contributed by atoms with Gasteiger partial charge in [0.05, 0.1) is 26.4 Å². The summed E-state index contributed by atoms with van der Waals surface area (Å²) in [5.74, 6) is -10.5. The van der Waals surface area contributed by atoms with Crippen LogP contribution in [0.2, 0.25) is 0 Å². The Bertz CT molecular complexity index is 567. The molecule has 2 fully saturated rings. The molecule has 0 aromatic carbocycles. The molecule has 0 saturated carbocycles. The van der Waals surface area contributed by atoms with E-state index in [-0.39, 0.29) is 13.2 Å². The fourth-order valence-electron chi connectivity index (χ4n) is 1.71. The number of rotatable bonds is 15. The summed E-state index contributed by atoms with van der Waals surface area (Å²) < 4.78 is 157. The van der Waals surface area contributed by atoms with Crippen molar-refractivity contribution in [3.05, 3.63) is 0 Å². The van der Waals surface area contributed by atoms with Crippen LogP contribution in [-0.4, -0.2) is 88.6 Å². The molecule has 0 aromatic rings. The number of ether oxygens (including phenoxy) is 6. The predicted molar refractivity (Wildman–Crippen MR) is 72.9 cm³/mol. The largest absolute Gasteiger partial charge is 0.426 e. The molecule has 2 rings (SSSR count). The van der Waals surface area contributed by atoms with Crippen molar-refractivity contribution in [3.8, 4) is 0 Å². The van der Waals surface area contributed by atoms with Gasteiger partial charge in [-0.25, -0.2) is 4.74 Å². The molecule has 0 amide bonds. The Hall–Kier alpha value is -0.940. The Balaban J connectivity index is 1.84. The van der Waals surface area contributed by atoms with E-state index in [9.17, 15) is 43.9 Å². The monoisotopic (exact) mass is 470 g/mol. The molecule has 0 radical (unpaired) electrons. The summed E-state index contributed by atoms with van der Waals surface area (Å²) in [7, 11) is 0. The van der Waals surface area contributed by atoms with Crippen LogP contribution in [-0.2, 0) is 28.4 Å². The molecule has 2 heterocycles. The quantitative estimate of drug-likeness (QED) is 0.271. The van der Waals surface area contributed by atoms with E-state index in [0.29, 0.717) is 0 Å². The van der Waals surface area contributed by atoms with Crippen molar-refractivity contribution >= 4 is 0 Å². The third-order valence-corrected chi connectivity index (χ3v) is 3.53. The lowest BCUT2D eigenvalue weighted by Gasteiger charge is -2.31. The van der Waals surface area contributed by atoms with Gasteiger partial charge in [0, 0.05) is 0 Å². The lowest BCUT2D eigenvalue weighted by molar-refractivity contribution is -0.455. The first-order valence-corrected chi connectivity index (χ1v) is 8.19. The average molecular weight is 470 g/mol. The van der Waals surface area contributed by atoms with E-state index >= 15 is 0 Å². The molecule has 2 aliphatic heterocycles. The van der Waals surface area contributed by atoms with Crippen LogP contribution in [0.4, 0.5) is 43.9 Å². The first kappa shape index (κ1) is 25.3. The van der Waals surface area contributed by atoms with Gasteiger partial charge >= 0.3 is 30.2 Å². The van der Waals surface area contributed by atoms with Crippen LogP contribution in [0.25, 0.3) is 0 Å². The molecule has 2 atom stereocenters. The Labute approximate surface area is 162 Å². The number of halogens is 10. The molecule has 0 aromatic heterocycles. The summed E-state index contributed by atoms with van der Waals surface area (Å²) in [6.45, 7) is -7.64. The lowest BCUT2D eigenvalue weighted by atomic mass is 10.3. The number of epoxide rings is 2. The lowest BCUT2D eigenvalue weighted by Crippen LogP contribution is -2.53. The van der Waals surface area contributed by atoms with Gasteiger partial charge in [-0.3, -0.25) is 0 Å². The number of hydrogen-bond donors (Lipinski definition) is 0. The van der Waals surface area contributed by atoms with E-state index in [2.05, 4.69) is 28.4 Å². The highest BCUT2D eigenvalue weighted by atomic mass is 19.3. The first-order valence-electron chi connectivity index (χ1n) is 8.19. The summed E-state index contributed by atoms with van der Waals surface area (Å²) in [6.07, 6.45) is -18.2. The van der Waals surface area contributed by atoms with Gasteiger partial charge in [-0.2, -0.15) is 43.9 Å². The van der Waals surface area contributed by atoms with Crippen molar-refractivity contribution in [1.29, 1.82) is 0 Å². The SMILES string of the molecule is FC(F)(COC(F)(F)C(F)(F)COCC1CO1)OC(F)(F)C(F)(F)COCC1CO1. The Kier molecular flexibility index (Phi) is 7.51. The van der Waals surface area contributed by atoms with E-state index < -0.39 is 75.4 Å². The second kappa shape index (κ2) is 8.90. The molecule has 0 spiro atoms. The summed E-state index contributed by atoms with van der Waals surface area (Å²) in [6, 6.07) is 0. The van der Waals surface area contributed by atoms with E-state index in [1.165, 1.54) is 0 Å². The second-order valence-corrected chi connectivity index (χ2v) is 6.41. The fourth-order valence-corrected chi connectivity index (χ4v) is 1.71. The normalized spacial score (nSPS) is 23.0. The highest BCUT2D eigenvalue weighted by Crippen LogP contribution is 2.42. The van der Waals surface area contributed by atoms with Crippen molar-refractivity contribution in [3.63, 3.8) is 0 Å². The minimum Gasteiger partial charge on any atom is -0.372 e. The van der Waals surface area contributed by atoms with Crippen LogP contribution >= 0.6 is 0 Å². The predicted octanol–water partition coefficient (Wildman–Crippen LogP) is 2.90. The van der Waals surface area contributed by atoms with Crippen LogP contribution in [0.3, 0.4) is 0 Å². The molecular formula is C14H16F10O6. The molecule has 0 bridgehead atoms. The maximum Gasteiger partial charge on any atom is 0.426 e. The minimum atomic E-state index is -5.91. The van der Waals surface area contributed by atoms with E-state index in [0.717, 1.165) is 0 Å². The molecule has 178 valence electrons. The Morgan fingerprint density at radius 2 is 1.03 bits per heavy atom. The molecule has 0 aliphatic carbocycles. The standard InChI is InChI=1S/C14H16F10O6/c15-10(16,5-25-1-8-3-27-8)13(21,22)29-7-12(19,20)30-14(23,24)11(17,18)6-26-2-9-4-28-9/h8-9H,1-7H2. The third kappa shape index (κ3) is 7.33. The zero-order chi connectivity index (χ0) is 22.8. The van der Waals surface area contributed by atoms with Crippen molar-refractivity contribution in [2.24, 2.45) is 0 Å². The fraction of sp³-hybridized carbons (Fsp3) is 1.00. The molecular weight excluding hydrogens is 454 g/mol. The van der Waals surface area contributed by atoms with Gasteiger partial charge in [0.2, 0.25) is 0 Å². The van der Waals surface area contributed by atoms with Gasteiger partial charge in [0.15, 0.2) is 0 Å². The van der Waals surface area contributed by atoms with Crippen LogP contribution in [0.15, 0.2) is 0 Å². The molecule has 2 aliphatic rings. The second-order valence-electron chi connectivity index (χ2n) is 6.41. The molecule has 6 nitrogen and oxygen atoms in total. The van der Waals surface area contributed by atoms with E-state index in [4.69, 9.17) is 0 Å². The summed E-state index contributed by atoms with van der Waals surface area (Å²) in [5, 5.41) is 0. The smallest absolute Gasteiger partial charge is 0.372 e. The molecule has 2 unspecified atom stereocenters. The molecule has 0 N–H and O–H groups in total. The summed E-state index contributed by atoms with van der Waals surface area (Å²) >= 11 is 0. The zero-order valence-corrected chi connectivity index (χ0v) is 14.8. The highest BCUT2D eigenvalue weighted by Gasteiger charge is 2.64. The summed E-state index contributed by atoms with van der Waals surface area (Å²) in [4.78, 5) is 0. The number of alkyl halides is 10. The topological polar surface area (TPSA) is 62.0 Å². The van der Waals surface area contributed by atoms with Gasteiger partial charge in [-0.15, -0.1) is 0 Å².